The summed E-state index contributed by atoms with van der Waals surface area (Å²) in [6, 6.07) is 13.3. The highest BCUT2D eigenvalue weighted by Crippen LogP contribution is 2.30. The number of aliphatic hydroxyl groups excluding tert-OH is 1. The molecule has 1 atom stereocenters. The molecule has 5 heteroatoms. The summed E-state index contributed by atoms with van der Waals surface area (Å²) in [4.78, 5) is 0. The monoisotopic (exact) mass is 345 g/mol. The molecule has 0 aliphatic heterocycles. The molecule has 5 nitrogen and oxygen atoms in total. The Morgan fingerprint density at radius 1 is 0.960 bits per heavy atom. The van der Waals surface area contributed by atoms with E-state index in [9.17, 15) is 5.11 Å². The molecule has 0 fully saturated rings. The van der Waals surface area contributed by atoms with Gasteiger partial charge in [0.1, 0.15) is 5.75 Å². The van der Waals surface area contributed by atoms with Crippen LogP contribution in [-0.2, 0) is 6.54 Å². The second-order valence-corrected chi connectivity index (χ2v) is 6.44. The Morgan fingerprint density at radius 3 is 2.32 bits per heavy atom. The molecule has 2 aromatic rings. The average Bonchev–Trinajstić information content (AvgIpc) is 2.65. The highest BCUT2D eigenvalue weighted by Gasteiger charge is 2.28. The van der Waals surface area contributed by atoms with Gasteiger partial charge < -0.3 is 24.6 Å². The predicted octanol–water partition coefficient (Wildman–Crippen LogP) is 3.31. The minimum atomic E-state index is -0.678. The zero-order valence-electron chi connectivity index (χ0n) is 15.5. The molecular weight excluding hydrogens is 318 g/mol. The first kappa shape index (κ1) is 19.1. The van der Waals surface area contributed by atoms with E-state index < -0.39 is 11.6 Å². The fraction of sp³-hybridized carbons (Fsp3) is 0.400. The first-order chi connectivity index (χ1) is 11.9. The van der Waals surface area contributed by atoms with E-state index in [1.165, 1.54) is 0 Å². The van der Waals surface area contributed by atoms with Crippen molar-refractivity contribution in [2.24, 2.45) is 0 Å². The van der Waals surface area contributed by atoms with Crippen molar-refractivity contribution in [1.82, 2.24) is 5.32 Å². The molecule has 0 radical (unpaired) electrons. The molecule has 1 unspecified atom stereocenters. The Balaban J connectivity index is 2.10. The maximum absolute atomic E-state index is 10.8. The topological polar surface area (TPSA) is 60.0 Å². The normalized spacial score (nSPS) is 12.6. The van der Waals surface area contributed by atoms with E-state index in [1.807, 2.05) is 56.3 Å². The van der Waals surface area contributed by atoms with E-state index in [0.29, 0.717) is 18.0 Å². The van der Waals surface area contributed by atoms with Crippen molar-refractivity contribution in [1.29, 1.82) is 0 Å². The maximum atomic E-state index is 10.8. The van der Waals surface area contributed by atoms with Gasteiger partial charge in [0.25, 0.3) is 0 Å². The van der Waals surface area contributed by atoms with E-state index >= 15 is 0 Å². The largest absolute Gasteiger partial charge is 0.497 e. The SMILES string of the molecule is COc1cccc(C(O)C(C)(C)NCc2ccc(OC)c(OC)c2)c1. The Hall–Kier alpha value is -2.24. The highest BCUT2D eigenvalue weighted by atomic mass is 16.5. The molecule has 0 heterocycles. The molecule has 0 saturated heterocycles. The van der Waals surface area contributed by atoms with Crippen LogP contribution in [0.3, 0.4) is 0 Å². The number of hydrogen-bond donors (Lipinski definition) is 2. The standard InChI is InChI=1S/C20H27NO4/c1-20(2,19(22)15-7-6-8-16(12-15)23-3)21-13-14-9-10-17(24-4)18(11-14)25-5/h6-12,19,21-22H,13H2,1-5H3. The molecular formula is C20H27NO4. The van der Waals surface area contributed by atoms with E-state index in [-0.39, 0.29) is 0 Å². The summed E-state index contributed by atoms with van der Waals surface area (Å²) in [6.07, 6.45) is -0.678. The molecule has 0 amide bonds. The van der Waals surface area contributed by atoms with E-state index in [1.54, 1.807) is 21.3 Å². The predicted molar refractivity (Wildman–Crippen MR) is 98.4 cm³/mol. The molecule has 25 heavy (non-hydrogen) atoms. The fourth-order valence-electron chi connectivity index (χ4n) is 2.65. The molecule has 0 aromatic heterocycles. The molecule has 2 aromatic carbocycles. The molecule has 0 aliphatic rings. The van der Waals surface area contributed by atoms with Gasteiger partial charge in [-0.15, -0.1) is 0 Å². The van der Waals surface area contributed by atoms with Crippen LogP contribution in [0.1, 0.15) is 31.1 Å². The van der Waals surface area contributed by atoms with Crippen molar-refractivity contribution in [2.75, 3.05) is 21.3 Å². The summed E-state index contributed by atoms with van der Waals surface area (Å²) in [5, 5.41) is 14.2. The number of nitrogens with one attached hydrogen (secondary N) is 1. The lowest BCUT2D eigenvalue weighted by molar-refractivity contribution is 0.0789. The lowest BCUT2D eigenvalue weighted by Gasteiger charge is -2.32. The van der Waals surface area contributed by atoms with Crippen molar-refractivity contribution >= 4 is 0 Å². The van der Waals surface area contributed by atoms with Gasteiger partial charge in [-0.2, -0.15) is 0 Å². The second kappa shape index (κ2) is 8.23. The van der Waals surface area contributed by atoms with Crippen molar-refractivity contribution in [3.8, 4) is 17.2 Å². The lowest BCUT2D eigenvalue weighted by Crippen LogP contribution is -2.44. The van der Waals surface area contributed by atoms with Crippen molar-refractivity contribution in [3.63, 3.8) is 0 Å². The van der Waals surface area contributed by atoms with Crippen LogP contribution in [0.4, 0.5) is 0 Å². The number of aliphatic hydroxyl groups is 1. The van der Waals surface area contributed by atoms with Gasteiger partial charge in [-0.1, -0.05) is 18.2 Å². The summed E-state index contributed by atoms with van der Waals surface area (Å²) in [5.41, 5.74) is 1.33. The fourth-order valence-corrected chi connectivity index (χ4v) is 2.65. The van der Waals surface area contributed by atoms with Gasteiger partial charge in [0.2, 0.25) is 0 Å². The van der Waals surface area contributed by atoms with Crippen LogP contribution in [-0.4, -0.2) is 32.0 Å². The summed E-state index contributed by atoms with van der Waals surface area (Å²) < 4.78 is 15.8. The van der Waals surface area contributed by atoms with Gasteiger partial charge in [0.15, 0.2) is 11.5 Å². The van der Waals surface area contributed by atoms with Crippen LogP contribution in [0.2, 0.25) is 0 Å². The third kappa shape index (κ3) is 4.65. The van der Waals surface area contributed by atoms with Crippen LogP contribution in [0.15, 0.2) is 42.5 Å². The summed E-state index contributed by atoms with van der Waals surface area (Å²) in [5.74, 6) is 2.11. The van der Waals surface area contributed by atoms with Gasteiger partial charge in [0, 0.05) is 12.1 Å². The van der Waals surface area contributed by atoms with Gasteiger partial charge in [0.05, 0.1) is 27.4 Å². The smallest absolute Gasteiger partial charge is 0.161 e. The zero-order chi connectivity index (χ0) is 18.4. The van der Waals surface area contributed by atoms with Crippen molar-refractivity contribution in [2.45, 2.75) is 32.0 Å². The van der Waals surface area contributed by atoms with Crippen LogP contribution in [0.25, 0.3) is 0 Å². The minimum Gasteiger partial charge on any atom is -0.497 e. The number of methoxy groups -OCH3 is 3. The summed E-state index contributed by atoms with van der Waals surface area (Å²) in [7, 11) is 4.85. The quantitative estimate of drug-likeness (QED) is 0.769. The number of hydrogen-bond acceptors (Lipinski definition) is 5. The summed E-state index contributed by atoms with van der Waals surface area (Å²) >= 11 is 0. The molecule has 2 rings (SSSR count). The zero-order valence-corrected chi connectivity index (χ0v) is 15.5. The van der Waals surface area contributed by atoms with Gasteiger partial charge >= 0.3 is 0 Å². The molecule has 0 spiro atoms. The van der Waals surface area contributed by atoms with Crippen LogP contribution in [0.5, 0.6) is 17.2 Å². The van der Waals surface area contributed by atoms with Crippen molar-refractivity contribution in [3.05, 3.63) is 53.6 Å². The Labute approximate surface area is 149 Å². The number of benzene rings is 2. The Kier molecular flexibility index (Phi) is 6.28. The first-order valence-corrected chi connectivity index (χ1v) is 8.19. The third-order valence-electron chi connectivity index (χ3n) is 4.29. The summed E-state index contributed by atoms with van der Waals surface area (Å²) in [6.45, 7) is 4.53. The maximum Gasteiger partial charge on any atom is 0.161 e. The molecule has 136 valence electrons. The Bertz CT molecular complexity index is 700. The Morgan fingerprint density at radius 2 is 1.68 bits per heavy atom. The highest BCUT2D eigenvalue weighted by molar-refractivity contribution is 5.43. The van der Waals surface area contributed by atoms with Gasteiger partial charge in [-0.3, -0.25) is 0 Å². The van der Waals surface area contributed by atoms with Crippen LogP contribution in [0, 0.1) is 0 Å². The van der Waals surface area contributed by atoms with Gasteiger partial charge in [-0.25, -0.2) is 0 Å². The lowest BCUT2D eigenvalue weighted by atomic mass is 9.91. The minimum absolute atomic E-state index is 0.528. The molecule has 0 bridgehead atoms. The van der Waals surface area contributed by atoms with Crippen LogP contribution >= 0.6 is 0 Å². The number of rotatable bonds is 8. The van der Waals surface area contributed by atoms with Gasteiger partial charge in [-0.05, 0) is 49.2 Å². The second-order valence-electron chi connectivity index (χ2n) is 6.44. The van der Waals surface area contributed by atoms with E-state index in [0.717, 1.165) is 16.9 Å². The average molecular weight is 345 g/mol. The van der Waals surface area contributed by atoms with Crippen molar-refractivity contribution < 1.29 is 19.3 Å². The number of ether oxygens (including phenoxy) is 3. The molecule has 2 N–H and O–H groups in total. The van der Waals surface area contributed by atoms with E-state index in [4.69, 9.17) is 14.2 Å². The van der Waals surface area contributed by atoms with Crippen LogP contribution < -0.4 is 19.5 Å². The molecule has 0 aliphatic carbocycles. The molecule has 0 saturated carbocycles. The third-order valence-corrected chi connectivity index (χ3v) is 4.29. The first-order valence-electron chi connectivity index (χ1n) is 8.19. The van der Waals surface area contributed by atoms with E-state index in [2.05, 4.69) is 5.32 Å².